The number of aliphatic hydroxyl groups is 4. The largest absolute Gasteiger partial charge is 1.00 e. The molecule has 2 saturated heterocycles. The Morgan fingerprint density at radius 3 is 1.92 bits per heavy atom. The molecule has 2 fully saturated rings. The number of carbonyl (C=O) groups is 8. The fourth-order valence-electron chi connectivity index (χ4n) is 7.71. The molecule has 86 heavy (non-hydrogen) atoms. The van der Waals surface area contributed by atoms with Crippen molar-refractivity contribution < 1.29 is 185 Å². The molecule has 474 valence electrons. The number of aliphatic hydroxyl groups excluding tert-OH is 4. The van der Waals surface area contributed by atoms with E-state index in [1.165, 1.54) is 20.8 Å². The molecule has 3 heterocycles. The van der Waals surface area contributed by atoms with E-state index >= 15 is 0 Å². The van der Waals surface area contributed by atoms with Crippen molar-refractivity contribution in [1.29, 1.82) is 0 Å². The fourth-order valence-corrected chi connectivity index (χ4v) is 9.86. The first-order valence-corrected chi connectivity index (χ1v) is 28.6. The van der Waals surface area contributed by atoms with Crippen LogP contribution in [0, 0.1) is 0 Å². The van der Waals surface area contributed by atoms with Gasteiger partial charge in [0.25, 0.3) is 5.56 Å². The number of Topliss-reactive ketones (excluding diaryl/α,β-unsaturated/α-hetero) is 1. The summed E-state index contributed by atoms with van der Waals surface area (Å²) in [6.07, 6.45) is -17.6. The van der Waals surface area contributed by atoms with E-state index < -0.39 is 198 Å². The summed E-state index contributed by atoms with van der Waals surface area (Å²) in [5.41, 5.74) is -1.90. The molecule has 5 amide bonds. The second kappa shape index (κ2) is 36.9. The quantitative estimate of drug-likeness (QED) is 0.0100. The second-order valence-corrected chi connectivity index (χ2v) is 22.1. The summed E-state index contributed by atoms with van der Waals surface area (Å²) in [7, 11) is -11.8. The number of H-pyrrole nitrogens is 1. The maximum Gasteiger partial charge on any atom is 1.00 e. The number of hydrogen-bond donors (Lipinski definition) is 14. The van der Waals surface area contributed by atoms with Crippen LogP contribution in [0.2, 0.25) is 0 Å². The monoisotopic (exact) mass is 1290 g/mol. The van der Waals surface area contributed by atoms with E-state index in [0.717, 1.165) is 33.0 Å². The molecule has 0 bridgehead atoms. The van der Waals surface area contributed by atoms with Crippen LogP contribution in [-0.2, 0) is 75.1 Å². The first-order valence-electron chi connectivity index (χ1n) is 25.6. The van der Waals surface area contributed by atoms with Crippen LogP contribution >= 0.6 is 15.6 Å². The number of aromatic nitrogens is 2. The van der Waals surface area contributed by atoms with E-state index in [4.69, 9.17) is 23.8 Å². The van der Waals surface area contributed by atoms with Gasteiger partial charge in [0.05, 0.1) is 13.2 Å². The second-order valence-electron chi connectivity index (χ2n) is 19.1. The number of carboxylic acids is 2. The summed E-state index contributed by atoms with van der Waals surface area (Å²) in [4.78, 5) is 154. The normalized spacial score (nSPS) is 24.9. The van der Waals surface area contributed by atoms with Gasteiger partial charge in [-0.1, -0.05) is 0 Å². The Morgan fingerprint density at radius 1 is 0.744 bits per heavy atom. The molecular weight excluding hydrogens is 1220 g/mol. The predicted molar refractivity (Wildman–Crippen MR) is 275 cm³/mol. The molecule has 3 rings (SSSR count). The number of carbonyl (C=O) groups excluding carboxylic acids is 6. The molecule has 2 unspecified atom stereocenters. The summed E-state index contributed by atoms with van der Waals surface area (Å²) < 4.78 is 57.0. The van der Waals surface area contributed by atoms with Crippen LogP contribution in [0.25, 0.3) is 0 Å². The van der Waals surface area contributed by atoms with Crippen molar-refractivity contribution in [1.82, 2.24) is 36.1 Å². The van der Waals surface area contributed by atoms with Crippen molar-refractivity contribution >= 4 is 74.7 Å². The maximum absolute atomic E-state index is 13.4. The van der Waals surface area contributed by atoms with Gasteiger partial charge in [-0.3, -0.25) is 57.2 Å². The number of rotatable bonds is 34. The van der Waals surface area contributed by atoms with Crippen LogP contribution in [0.15, 0.2) is 31.8 Å². The van der Waals surface area contributed by atoms with Crippen molar-refractivity contribution in [2.75, 3.05) is 19.8 Å². The third-order valence-corrected chi connectivity index (χ3v) is 14.8. The van der Waals surface area contributed by atoms with E-state index in [1.54, 1.807) is 0 Å². The summed E-state index contributed by atoms with van der Waals surface area (Å²) >= 11 is 0. The van der Waals surface area contributed by atoms with Crippen molar-refractivity contribution in [2.24, 2.45) is 9.98 Å². The molecule has 41 heteroatoms. The third kappa shape index (κ3) is 25.9. The standard InChI is InChI=1S/C45H71N9O28P2.2Na/c1-19(56)10-12-29(58)46-15-8-7-9-25(40(67)48-20(2)37(64)49-22(4)42(68)69)51-30(59)13-11-26(43(70)71)52-38(65)21(3)47-39(66)23(5)78-36-32(50-24(6)57)44(80-27(17-55)34(36)62)81-84(75,76)82-83(73,74)77-18-28-33(61)35(63)41(79-28)54-16-14-31(60)53-45(54)72;;/h14,16,20-23,25-28,32-36,41,44,55,61-63H,7-13,15,17-18H2,1-6H3,(H,46,58)(H,47,66)(H,48,67)(H,49,64)(H,50,57)(H,51,59)(H,52,65)(H,68,69)(H,70,71)(H,73,74)(H,75,76)(H,53,60,72);;/q;2*+1/p-2/t20-,21+,22-,23-,25+,26+,27+,28+,32+,33+,34+,35+,36+,41+,44+;;/m0../s1. The van der Waals surface area contributed by atoms with E-state index in [1.807, 2.05) is 4.98 Å². The molecule has 17 atom stereocenters. The van der Waals surface area contributed by atoms with E-state index in [2.05, 4.69) is 45.4 Å². The summed E-state index contributed by atoms with van der Waals surface area (Å²) in [5.74, 6) is -9.91. The Labute approximate surface area is 533 Å². The van der Waals surface area contributed by atoms with E-state index in [-0.39, 0.29) is 104 Å². The van der Waals surface area contributed by atoms with Crippen molar-refractivity contribution in [3.05, 3.63) is 33.1 Å². The molecule has 1 aromatic rings. The van der Waals surface area contributed by atoms with Gasteiger partial charge >= 0.3 is 92.4 Å². The Bertz CT molecular complexity index is 2790. The van der Waals surface area contributed by atoms with Gasteiger partial charge in [0, 0.05) is 31.6 Å². The average Bonchev–Trinajstić information content (AvgIpc) is 1.95. The number of amides is 5. The summed E-state index contributed by atoms with van der Waals surface area (Å²) in [6, 6.07) is -8.65. The molecule has 37 nitrogen and oxygen atoms in total. The molecule has 0 aliphatic carbocycles. The van der Waals surface area contributed by atoms with Crippen LogP contribution in [0.5, 0.6) is 0 Å². The molecule has 0 radical (unpaired) electrons. The third-order valence-electron chi connectivity index (χ3n) is 12.2. The number of hydrogen-bond acceptors (Lipinski definition) is 26. The number of phosphoric ester groups is 2. The number of aliphatic imine (C=N–C) groups is 2. The molecule has 14 N–H and O–H groups in total. The predicted octanol–water partition coefficient (Wildman–Crippen LogP) is -12.9. The van der Waals surface area contributed by atoms with Crippen LogP contribution in [0.3, 0.4) is 0 Å². The van der Waals surface area contributed by atoms with Gasteiger partial charge < -0.3 is 101 Å². The number of ether oxygens (including phenoxy) is 3. The number of nitrogens with one attached hydrogen (secondary N) is 6. The zero-order valence-electron chi connectivity index (χ0n) is 47.9. The van der Waals surface area contributed by atoms with Crippen LogP contribution < -0.4 is 107 Å². The molecule has 1 aromatic heterocycles. The number of ketones is 1. The maximum atomic E-state index is 13.4. The van der Waals surface area contributed by atoms with Crippen LogP contribution in [0.1, 0.15) is 92.7 Å². The Kier molecular flexibility index (Phi) is 34.1. The Morgan fingerprint density at radius 2 is 1.35 bits per heavy atom. The minimum Gasteiger partial charge on any atom is -0.862 e. The Balaban J connectivity index is 0.0000185. The topological polar surface area (TPSA) is 574 Å². The molecular formula is C45H69N9Na2O28P2. The first kappa shape index (κ1) is 79.6. The number of unbranched alkanes of at least 4 members (excludes halogenated alkanes) is 1. The van der Waals surface area contributed by atoms with Crippen LogP contribution in [-0.4, -0.2) is 214 Å². The molecule has 2 aliphatic rings. The van der Waals surface area contributed by atoms with Gasteiger partial charge in [-0.15, -0.1) is 0 Å². The van der Waals surface area contributed by atoms with E-state index in [9.17, 15) is 103 Å². The van der Waals surface area contributed by atoms with Crippen molar-refractivity contribution in [3.63, 3.8) is 0 Å². The van der Waals surface area contributed by atoms with Gasteiger partial charge in [0.15, 0.2) is 12.5 Å². The number of aliphatic carboxylic acids is 2. The minimum absolute atomic E-state index is 0. The van der Waals surface area contributed by atoms with Crippen LogP contribution in [0.4, 0.5) is 0 Å². The van der Waals surface area contributed by atoms with Crippen molar-refractivity contribution in [3.8, 4) is 0 Å². The van der Waals surface area contributed by atoms with Gasteiger partial charge in [0.1, 0.15) is 84.8 Å². The number of phosphoric acid groups is 2. The molecule has 2 aliphatic heterocycles. The Hall–Kier alpha value is -4.44. The van der Waals surface area contributed by atoms with Gasteiger partial charge in [-0.05, 0) is 85.4 Å². The molecule has 0 aromatic carbocycles. The average molecular weight is 1290 g/mol. The molecule has 0 spiro atoms. The number of nitrogens with zero attached hydrogens (tertiary/aromatic N) is 3. The summed E-state index contributed by atoms with van der Waals surface area (Å²) in [5, 5.41) is 96.7. The zero-order valence-corrected chi connectivity index (χ0v) is 53.7. The zero-order chi connectivity index (χ0) is 63.6. The number of aromatic amines is 1. The van der Waals surface area contributed by atoms with Crippen molar-refractivity contribution in [2.45, 2.75) is 178 Å². The van der Waals surface area contributed by atoms with Gasteiger partial charge in [0.2, 0.25) is 29.5 Å². The first-order chi connectivity index (χ1) is 39.1. The fraction of sp³-hybridized carbons (Fsp3) is 0.689. The summed E-state index contributed by atoms with van der Waals surface area (Å²) in [6.45, 7) is 4.36. The van der Waals surface area contributed by atoms with Gasteiger partial charge in [-0.2, -0.15) is 4.31 Å². The van der Waals surface area contributed by atoms with Gasteiger partial charge in [-0.25, -0.2) is 18.7 Å². The van der Waals surface area contributed by atoms with E-state index in [0.29, 0.717) is 4.57 Å². The molecule has 0 saturated carbocycles. The smallest absolute Gasteiger partial charge is 0.862 e. The minimum atomic E-state index is -5.99. The number of carboxylic acid groups (broad SMARTS) is 2. The SMILES string of the molecule is CC(=O)CCC([O-])=NCCCC[C@@H](NC(=O)CC[C@@H](NC(=O)[C@@H](C)NC(=O)[C@H](C)O[C@H]1[C@H](O)[C@@H](CO)O[C@H](OP(=O)(O)OP(=O)(O)OC[C@H]2O[C@@H](n3ccc(=O)[nH]c3=O)[C@H](O)[C@@H]2O)[C@@H]1N=C(C)[O-])C(=O)O)C(=O)N[C@@H](C)C(=O)N[C@@H](C)C(=O)O.[Na+].[Na+].